The van der Waals surface area contributed by atoms with Crippen molar-refractivity contribution in [1.29, 1.82) is 0 Å². The van der Waals surface area contributed by atoms with E-state index >= 15 is 0 Å². The maximum atomic E-state index is 13.1. The van der Waals surface area contributed by atoms with Crippen molar-refractivity contribution in [3.8, 4) is 0 Å². The zero-order valence-electron chi connectivity index (χ0n) is 13.9. The number of Topliss-reactive ketones (excluding diaryl/α,β-unsaturated/α-hetero) is 2. The number of fused-ring (bicyclic) bond motifs is 2. The van der Waals surface area contributed by atoms with Gasteiger partial charge in [-0.15, -0.1) is 0 Å². The topological polar surface area (TPSA) is 43.4 Å². The highest BCUT2D eigenvalue weighted by atomic mass is 16.5. The van der Waals surface area contributed by atoms with Crippen LogP contribution in [0.1, 0.15) is 61.3 Å². The predicted octanol–water partition coefficient (Wildman–Crippen LogP) is 3.40. The number of carbonyl (C=O) groups is 2. The van der Waals surface area contributed by atoms with Crippen LogP contribution in [0, 0.1) is 22.7 Å². The Hall–Kier alpha value is -0.700. The molecule has 0 N–H and O–H groups in total. The molecule has 0 aromatic carbocycles. The molecule has 4 atom stereocenters. The van der Waals surface area contributed by atoms with Crippen LogP contribution >= 0.6 is 0 Å². The fourth-order valence-electron chi connectivity index (χ4n) is 3.92. The molecule has 0 aliphatic carbocycles. The Morgan fingerprint density at radius 2 is 1.70 bits per heavy atom. The predicted molar refractivity (Wildman–Crippen MR) is 78.4 cm³/mol. The van der Waals surface area contributed by atoms with E-state index in [-0.39, 0.29) is 46.8 Å². The number of hydrogen-bond donors (Lipinski definition) is 0. The van der Waals surface area contributed by atoms with Crippen molar-refractivity contribution in [1.82, 2.24) is 0 Å². The molecule has 20 heavy (non-hydrogen) atoms. The first-order chi connectivity index (χ1) is 8.95. The van der Waals surface area contributed by atoms with E-state index in [1.807, 2.05) is 27.7 Å². The molecule has 2 aliphatic heterocycles. The lowest BCUT2D eigenvalue weighted by atomic mass is 9.67. The van der Waals surface area contributed by atoms with Gasteiger partial charge in [-0.05, 0) is 17.3 Å². The minimum atomic E-state index is -0.918. The molecule has 2 bridgehead atoms. The summed E-state index contributed by atoms with van der Waals surface area (Å²) in [5.41, 5.74) is -1.44. The molecule has 2 heterocycles. The van der Waals surface area contributed by atoms with Crippen LogP contribution in [0.3, 0.4) is 0 Å². The molecule has 0 radical (unpaired) electrons. The Morgan fingerprint density at radius 3 is 2.10 bits per heavy atom. The summed E-state index contributed by atoms with van der Waals surface area (Å²) >= 11 is 0. The second kappa shape index (κ2) is 4.40. The number of ketones is 2. The lowest BCUT2D eigenvalue weighted by Crippen LogP contribution is -2.54. The summed E-state index contributed by atoms with van der Waals surface area (Å²) in [7, 11) is 0. The third kappa shape index (κ3) is 1.97. The van der Waals surface area contributed by atoms with Crippen LogP contribution in [0.2, 0.25) is 0 Å². The standard InChI is InChI=1S/C17H28O3/c1-8-10-11(18)9-17(16(5,6)7)14(19)12(13(10)20-17)15(2,3)4/h10,12-13H,8-9H2,1-7H3/t10-,12?,13+,17-/m0/s1. The van der Waals surface area contributed by atoms with Gasteiger partial charge < -0.3 is 4.74 Å². The molecule has 2 rings (SSSR count). The normalized spacial score (nSPS) is 38.5. The maximum absolute atomic E-state index is 13.1. The van der Waals surface area contributed by atoms with Gasteiger partial charge in [0.15, 0.2) is 5.78 Å². The molecule has 114 valence electrons. The monoisotopic (exact) mass is 280 g/mol. The van der Waals surface area contributed by atoms with Gasteiger partial charge in [0.1, 0.15) is 11.4 Å². The van der Waals surface area contributed by atoms with Crippen molar-refractivity contribution in [2.24, 2.45) is 22.7 Å². The molecular formula is C17H28O3. The maximum Gasteiger partial charge on any atom is 0.171 e. The van der Waals surface area contributed by atoms with E-state index in [0.717, 1.165) is 6.42 Å². The minimum absolute atomic E-state index is 0.124. The number of rotatable bonds is 1. The summed E-state index contributed by atoms with van der Waals surface area (Å²) in [4.78, 5) is 25.7. The summed E-state index contributed by atoms with van der Waals surface area (Å²) in [6, 6.07) is 0. The molecule has 3 nitrogen and oxygen atoms in total. The van der Waals surface area contributed by atoms with Crippen LogP contribution < -0.4 is 0 Å². The van der Waals surface area contributed by atoms with E-state index in [9.17, 15) is 9.59 Å². The van der Waals surface area contributed by atoms with E-state index in [4.69, 9.17) is 4.74 Å². The van der Waals surface area contributed by atoms with E-state index in [1.165, 1.54) is 0 Å². The van der Waals surface area contributed by atoms with Crippen LogP contribution in [-0.2, 0) is 14.3 Å². The molecule has 0 spiro atoms. The van der Waals surface area contributed by atoms with Gasteiger partial charge in [-0.1, -0.05) is 48.5 Å². The van der Waals surface area contributed by atoms with E-state index in [2.05, 4.69) is 20.8 Å². The Morgan fingerprint density at radius 1 is 1.15 bits per heavy atom. The zero-order valence-corrected chi connectivity index (χ0v) is 13.9. The summed E-state index contributed by atoms with van der Waals surface area (Å²) in [5.74, 6) is 0.0462. The fraction of sp³-hybridized carbons (Fsp3) is 0.882. The van der Waals surface area contributed by atoms with Crippen molar-refractivity contribution in [3.05, 3.63) is 0 Å². The quantitative estimate of drug-likeness (QED) is 0.739. The van der Waals surface area contributed by atoms with Crippen LogP contribution in [-0.4, -0.2) is 23.3 Å². The average molecular weight is 280 g/mol. The molecule has 1 unspecified atom stereocenters. The van der Waals surface area contributed by atoms with E-state index in [1.54, 1.807) is 0 Å². The molecule has 3 heteroatoms. The highest BCUT2D eigenvalue weighted by Crippen LogP contribution is 2.55. The van der Waals surface area contributed by atoms with Crippen molar-refractivity contribution < 1.29 is 14.3 Å². The summed E-state index contributed by atoms with van der Waals surface area (Å²) in [6.07, 6.45) is 0.758. The first kappa shape index (κ1) is 15.7. The number of ether oxygens (including phenoxy) is 1. The van der Waals surface area contributed by atoms with E-state index < -0.39 is 5.60 Å². The lowest BCUT2D eigenvalue weighted by molar-refractivity contribution is -0.178. The van der Waals surface area contributed by atoms with Crippen molar-refractivity contribution in [2.45, 2.75) is 73.0 Å². The molecule has 2 saturated heterocycles. The Balaban J connectivity index is 2.56. The minimum Gasteiger partial charge on any atom is -0.361 e. The molecule has 2 aliphatic rings. The van der Waals surface area contributed by atoms with Crippen molar-refractivity contribution in [2.75, 3.05) is 0 Å². The molecular weight excluding hydrogens is 252 g/mol. The molecule has 0 saturated carbocycles. The van der Waals surface area contributed by atoms with Crippen molar-refractivity contribution in [3.63, 3.8) is 0 Å². The largest absolute Gasteiger partial charge is 0.361 e. The SMILES string of the molecule is CC[C@H]1C(=O)C[C@]2(C(C)(C)C)O[C@H]1C(C(C)(C)C)C2=O. The van der Waals surface area contributed by atoms with Gasteiger partial charge in [-0.25, -0.2) is 0 Å². The van der Waals surface area contributed by atoms with Gasteiger partial charge in [0, 0.05) is 12.3 Å². The average Bonchev–Trinajstić information content (AvgIpc) is 2.48. The summed E-state index contributed by atoms with van der Waals surface area (Å²) in [6.45, 7) is 14.3. The Kier molecular flexibility index (Phi) is 3.45. The molecule has 2 fully saturated rings. The third-order valence-corrected chi connectivity index (χ3v) is 5.16. The van der Waals surface area contributed by atoms with Gasteiger partial charge in [0.25, 0.3) is 0 Å². The summed E-state index contributed by atoms with van der Waals surface area (Å²) in [5, 5.41) is 0. The summed E-state index contributed by atoms with van der Waals surface area (Å²) < 4.78 is 6.30. The fourth-order valence-corrected chi connectivity index (χ4v) is 3.92. The zero-order chi connectivity index (χ0) is 15.5. The van der Waals surface area contributed by atoms with Gasteiger partial charge >= 0.3 is 0 Å². The van der Waals surface area contributed by atoms with Crippen LogP contribution in [0.5, 0.6) is 0 Å². The number of hydrogen-bond acceptors (Lipinski definition) is 3. The van der Waals surface area contributed by atoms with Gasteiger partial charge in [0.2, 0.25) is 0 Å². The molecule has 0 aromatic rings. The first-order valence-electron chi connectivity index (χ1n) is 7.70. The highest BCUT2D eigenvalue weighted by molar-refractivity contribution is 6.01. The third-order valence-electron chi connectivity index (χ3n) is 5.16. The van der Waals surface area contributed by atoms with Crippen LogP contribution in [0.25, 0.3) is 0 Å². The van der Waals surface area contributed by atoms with Crippen LogP contribution in [0.15, 0.2) is 0 Å². The second-order valence-corrected chi connectivity index (χ2v) is 8.53. The Labute approximate surface area is 122 Å². The highest BCUT2D eigenvalue weighted by Gasteiger charge is 2.67. The van der Waals surface area contributed by atoms with E-state index in [0.29, 0.717) is 0 Å². The van der Waals surface area contributed by atoms with Gasteiger partial charge in [0.05, 0.1) is 12.0 Å². The first-order valence-corrected chi connectivity index (χ1v) is 7.70. The Bertz CT molecular complexity index is 438. The van der Waals surface area contributed by atoms with Gasteiger partial charge in [-0.2, -0.15) is 0 Å². The van der Waals surface area contributed by atoms with Crippen LogP contribution in [0.4, 0.5) is 0 Å². The molecule has 0 aromatic heterocycles. The van der Waals surface area contributed by atoms with Gasteiger partial charge in [-0.3, -0.25) is 9.59 Å². The number of carbonyl (C=O) groups excluding carboxylic acids is 2. The van der Waals surface area contributed by atoms with Crippen molar-refractivity contribution >= 4 is 11.6 Å². The lowest BCUT2D eigenvalue weighted by Gasteiger charge is -2.43. The second-order valence-electron chi connectivity index (χ2n) is 8.53. The smallest absolute Gasteiger partial charge is 0.171 e. The molecule has 0 amide bonds.